The Balaban J connectivity index is 2.64. The van der Waals surface area contributed by atoms with E-state index in [0.717, 1.165) is 0 Å². The maximum absolute atomic E-state index is 11.6. The molecule has 0 fully saturated rings. The molecule has 114 valence electrons. The minimum absolute atomic E-state index is 0.0749. The molecule has 0 aromatic heterocycles. The zero-order valence-corrected chi connectivity index (χ0v) is 12.2. The standard InChI is InChI=1S/C14H22O6/c1-8(2)13(16)19-7-11-12(10(15)5-6-18-11)20-14(17)9(3)4/h5-6,8-12,15H,7H2,1-4H3/t10-,11-,12-/m1/s1. The molecule has 1 rings (SSSR count). The predicted molar refractivity (Wildman–Crippen MR) is 70.5 cm³/mol. The second-order valence-corrected chi connectivity index (χ2v) is 5.33. The lowest BCUT2D eigenvalue weighted by atomic mass is 10.1. The quantitative estimate of drug-likeness (QED) is 0.760. The van der Waals surface area contributed by atoms with Gasteiger partial charge >= 0.3 is 11.9 Å². The van der Waals surface area contributed by atoms with Crippen molar-refractivity contribution in [3.05, 3.63) is 12.3 Å². The molecule has 6 heteroatoms. The lowest BCUT2D eigenvalue weighted by Gasteiger charge is -2.32. The first-order valence-electron chi connectivity index (χ1n) is 6.70. The third kappa shape index (κ3) is 4.52. The summed E-state index contributed by atoms with van der Waals surface area (Å²) >= 11 is 0. The molecule has 0 saturated carbocycles. The molecule has 1 aliphatic heterocycles. The molecule has 1 N–H and O–H groups in total. The summed E-state index contributed by atoms with van der Waals surface area (Å²) in [4.78, 5) is 23.1. The molecular weight excluding hydrogens is 264 g/mol. The van der Waals surface area contributed by atoms with E-state index in [1.54, 1.807) is 27.7 Å². The minimum atomic E-state index is -0.978. The Kier molecular flexibility index (Phi) is 6.01. The van der Waals surface area contributed by atoms with Crippen LogP contribution in [0.1, 0.15) is 27.7 Å². The van der Waals surface area contributed by atoms with Crippen molar-refractivity contribution < 1.29 is 28.9 Å². The van der Waals surface area contributed by atoms with Gasteiger partial charge in [-0.3, -0.25) is 9.59 Å². The number of rotatable bonds is 5. The molecule has 0 amide bonds. The lowest BCUT2D eigenvalue weighted by Crippen LogP contribution is -2.46. The van der Waals surface area contributed by atoms with E-state index in [1.807, 2.05) is 0 Å². The minimum Gasteiger partial charge on any atom is -0.491 e. The fourth-order valence-electron chi connectivity index (χ4n) is 1.51. The number of aliphatic hydroxyl groups is 1. The summed E-state index contributed by atoms with van der Waals surface area (Å²) in [7, 11) is 0. The second-order valence-electron chi connectivity index (χ2n) is 5.33. The third-order valence-electron chi connectivity index (χ3n) is 2.82. The molecule has 0 aromatic carbocycles. The lowest BCUT2D eigenvalue weighted by molar-refractivity contribution is -0.175. The third-order valence-corrected chi connectivity index (χ3v) is 2.82. The number of aliphatic hydroxyl groups excluding tert-OH is 1. The van der Waals surface area contributed by atoms with Gasteiger partial charge in [-0.05, 0) is 6.08 Å². The fraction of sp³-hybridized carbons (Fsp3) is 0.714. The molecule has 0 aromatic rings. The van der Waals surface area contributed by atoms with Crippen molar-refractivity contribution in [2.24, 2.45) is 11.8 Å². The fourth-order valence-corrected chi connectivity index (χ4v) is 1.51. The van der Waals surface area contributed by atoms with Crippen molar-refractivity contribution >= 4 is 11.9 Å². The van der Waals surface area contributed by atoms with E-state index >= 15 is 0 Å². The Morgan fingerprint density at radius 3 is 2.35 bits per heavy atom. The summed E-state index contributed by atoms with van der Waals surface area (Å²) < 4.78 is 15.6. The van der Waals surface area contributed by atoms with E-state index < -0.39 is 24.3 Å². The highest BCUT2D eigenvalue weighted by Gasteiger charge is 2.36. The molecule has 0 spiro atoms. The van der Waals surface area contributed by atoms with Gasteiger partial charge in [-0.2, -0.15) is 0 Å². The molecule has 0 unspecified atom stereocenters. The number of ether oxygens (including phenoxy) is 3. The molecule has 0 saturated heterocycles. The van der Waals surface area contributed by atoms with Crippen LogP contribution in [-0.4, -0.2) is 42.0 Å². The summed E-state index contributed by atoms with van der Waals surface area (Å²) in [5, 5.41) is 9.86. The predicted octanol–water partition coefficient (Wildman–Crippen LogP) is 1.03. The van der Waals surface area contributed by atoms with Gasteiger partial charge in [0.15, 0.2) is 12.2 Å². The Morgan fingerprint density at radius 2 is 1.80 bits per heavy atom. The van der Waals surface area contributed by atoms with Crippen LogP contribution in [-0.2, 0) is 23.8 Å². The Hall–Kier alpha value is -1.56. The summed E-state index contributed by atoms with van der Waals surface area (Å²) in [5.41, 5.74) is 0. The Bertz CT molecular complexity index is 374. The average Bonchev–Trinajstić information content (AvgIpc) is 2.38. The van der Waals surface area contributed by atoms with Gasteiger partial charge in [0.05, 0.1) is 18.1 Å². The summed E-state index contributed by atoms with van der Waals surface area (Å²) in [6.45, 7) is 6.75. The highest BCUT2D eigenvalue weighted by Crippen LogP contribution is 2.18. The van der Waals surface area contributed by atoms with E-state index in [2.05, 4.69) is 0 Å². The van der Waals surface area contributed by atoms with Gasteiger partial charge in [0.2, 0.25) is 0 Å². The van der Waals surface area contributed by atoms with Gasteiger partial charge < -0.3 is 19.3 Å². The van der Waals surface area contributed by atoms with E-state index in [-0.39, 0.29) is 24.4 Å². The van der Waals surface area contributed by atoms with Gasteiger partial charge in [0, 0.05) is 0 Å². The first kappa shape index (κ1) is 16.5. The molecule has 1 heterocycles. The molecule has 0 radical (unpaired) electrons. The number of carbonyl (C=O) groups is 2. The van der Waals surface area contributed by atoms with Gasteiger partial charge in [-0.15, -0.1) is 0 Å². The molecule has 0 bridgehead atoms. The molecular formula is C14H22O6. The first-order valence-corrected chi connectivity index (χ1v) is 6.70. The van der Waals surface area contributed by atoms with Gasteiger partial charge in [0.1, 0.15) is 12.7 Å². The van der Waals surface area contributed by atoms with Crippen LogP contribution >= 0.6 is 0 Å². The van der Waals surface area contributed by atoms with Crippen LogP contribution in [0.4, 0.5) is 0 Å². The maximum Gasteiger partial charge on any atom is 0.308 e. The van der Waals surface area contributed by atoms with Crippen molar-refractivity contribution in [1.29, 1.82) is 0 Å². The smallest absolute Gasteiger partial charge is 0.308 e. The zero-order chi connectivity index (χ0) is 15.3. The van der Waals surface area contributed by atoms with Crippen LogP contribution < -0.4 is 0 Å². The van der Waals surface area contributed by atoms with Crippen LogP contribution in [0.2, 0.25) is 0 Å². The molecule has 3 atom stereocenters. The van der Waals surface area contributed by atoms with E-state index in [4.69, 9.17) is 14.2 Å². The number of carbonyl (C=O) groups excluding carboxylic acids is 2. The number of hydrogen-bond acceptors (Lipinski definition) is 6. The molecule has 0 aliphatic carbocycles. The SMILES string of the molecule is CC(C)C(=O)OC[C@H]1OC=C[C@@H](O)[C@H]1OC(=O)C(C)C. The van der Waals surface area contributed by atoms with Crippen LogP contribution in [0.25, 0.3) is 0 Å². The highest BCUT2D eigenvalue weighted by atomic mass is 16.6. The molecule has 20 heavy (non-hydrogen) atoms. The second kappa shape index (κ2) is 7.28. The topological polar surface area (TPSA) is 82.1 Å². The van der Waals surface area contributed by atoms with Crippen molar-refractivity contribution in [2.75, 3.05) is 6.61 Å². The highest BCUT2D eigenvalue weighted by molar-refractivity contribution is 5.72. The summed E-state index contributed by atoms with van der Waals surface area (Å²) in [6, 6.07) is 0. The summed E-state index contributed by atoms with van der Waals surface area (Å²) in [5.74, 6) is -1.37. The molecule has 1 aliphatic rings. The zero-order valence-electron chi connectivity index (χ0n) is 12.2. The van der Waals surface area contributed by atoms with Crippen LogP contribution in [0.3, 0.4) is 0 Å². The van der Waals surface area contributed by atoms with Crippen molar-refractivity contribution in [2.45, 2.75) is 46.0 Å². The summed E-state index contributed by atoms with van der Waals surface area (Å²) in [6.07, 6.45) is 0.140. The molecule has 6 nitrogen and oxygen atoms in total. The van der Waals surface area contributed by atoms with Gasteiger partial charge in [0.25, 0.3) is 0 Å². The Labute approximate surface area is 118 Å². The van der Waals surface area contributed by atoms with Crippen molar-refractivity contribution in [1.82, 2.24) is 0 Å². The van der Waals surface area contributed by atoms with Crippen molar-refractivity contribution in [3.8, 4) is 0 Å². The number of esters is 2. The largest absolute Gasteiger partial charge is 0.491 e. The van der Waals surface area contributed by atoms with Crippen LogP contribution in [0.15, 0.2) is 12.3 Å². The van der Waals surface area contributed by atoms with E-state index in [9.17, 15) is 14.7 Å². The van der Waals surface area contributed by atoms with Gasteiger partial charge in [-0.1, -0.05) is 27.7 Å². The maximum atomic E-state index is 11.6. The Morgan fingerprint density at radius 1 is 1.20 bits per heavy atom. The van der Waals surface area contributed by atoms with E-state index in [0.29, 0.717) is 0 Å². The van der Waals surface area contributed by atoms with Gasteiger partial charge in [-0.25, -0.2) is 0 Å². The average molecular weight is 286 g/mol. The first-order chi connectivity index (χ1) is 9.32. The van der Waals surface area contributed by atoms with Crippen LogP contribution in [0.5, 0.6) is 0 Å². The normalized spacial score (nSPS) is 25.4. The van der Waals surface area contributed by atoms with Crippen LogP contribution in [0, 0.1) is 11.8 Å². The number of hydrogen-bond donors (Lipinski definition) is 1. The monoisotopic (exact) mass is 286 g/mol. The van der Waals surface area contributed by atoms with Crippen molar-refractivity contribution in [3.63, 3.8) is 0 Å². The van der Waals surface area contributed by atoms with E-state index in [1.165, 1.54) is 12.3 Å².